The average Bonchev–Trinajstić information content (AvgIpc) is 3.14. The minimum absolute atomic E-state index is 0.0700. The molecule has 0 aliphatic carbocycles. The molecule has 1 unspecified atom stereocenters. The molecule has 0 radical (unpaired) electrons. The number of aliphatic hydroxyl groups is 1. The van der Waals surface area contributed by atoms with Crippen molar-refractivity contribution in [3.05, 3.63) is 93.0 Å². The van der Waals surface area contributed by atoms with Crippen LogP contribution in [0.3, 0.4) is 0 Å². The van der Waals surface area contributed by atoms with E-state index in [2.05, 4.69) is 13.8 Å². The molecular formula is C29H27Cl2NO5. The summed E-state index contributed by atoms with van der Waals surface area (Å²) in [5.41, 5.74) is 2.39. The predicted octanol–water partition coefficient (Wildman–Crippen LogP) is 7.15. The van der Waals surface area contributed by atoms with Crippen LogP contribution in [-0.4, -0.2) is 30.5 Å². The van der Waals surface area contributed by atoms with Gasteiger partial charge in [0, 0.05) is 11.3 Å². The molecule has 0 bridgehead atoms. The number of anilines is 1. The summed E-state index contributed by atoms with van der Waals surface area (Å²) in [6.07, 6.45) is 0. The SMILES string of the molecule is CCOc1ccc(C2/C(=C(\O)c3cc(Cl)c(OC)c(Cl)c3)C(=O)C(=O)N2c2ccc(C(C)C)cc2)cc1. The van der Waals surface area contributed by atoms with Crippen LogP contribution in [0.15, 0.2) is 66.2 Å². The molecule has 1 aliphatic rings. The molecule has 0 aromatic heterocycles. The monoisotopic (exact) mass is 539 g/mol. The number of carbonyl (C=O) groups is 2. The summed E-state index contributed by atoms with van der Waals surface area (Å²) in [6.45, 7) is 6.53. The van der Waals surface area contributed by atoms with E-state index in [1.165, 1.54) is 24.1 Å². The molecule has 192 valence electrons. The first-order chi connectivity index (χ1) is 17.7. The molecule has 4 rings (SSSR count). The first-order valence-electron chi connectivity index (χ1n) is 11.8. The zero-order chi connectivity index (χ0) is 26.9. The third-order valence-electron chi connectivity index (χ3n) is 6.27. The highest BCUT2D eigenvalue weighted by atomic mass is 35.5. The highest BCUT2D eigenvalue weighted by Crippen LogP contribution is 2.44. The number of methoxy groups -OCH3 is 1. The van der Waals surface area contributed by atoms with Gasteiger partial charge in [0.1, 0.15) is 11.5 Å². The van der Waals surface area contributed by atoms with E-state index in [0.717, 1.165) is 5.56 Å². The molecule has 37 heavy (non-hydrogen) atoms. The van der Waals surface area contributed by atoms with Gasteiger partial charge in [-0.25, -0.2) is 0 Å². The van der Waals surface area contributed by atoms with E-state index < -0.39 is 17.7 Å². The summed E-state index contributed by atoms with van der Waals surface area (Å²) >= 11 is 12.6. The number of carbonyl (C=O) groups excluding carboxylic acids is 2. The molecule has 1 aliphatic heterocycles. The number of rotatable bonds is 7. The molecule has 3 aromatic carbocycles. The van der Waals surface area contributed by atoms with E-state index in [9.17, 15) is 14.7 Å². The predicted molar refractivity (Wildman–Crippen MR) is 146 cm³/mol. The second-order valence-electron chi connectivity index (χ2n) is 8.89. The van der Waals surface area contributed by atoms with Crippen LogP contribution < -0.4 is 14.4 Å². The number of ether oxygens (including phenoxy) is 2. The van der Waals surface area contributed by atoms with Gasteiger partial charge >= 0.3 is 0 Å². The Labute approximate surface area is 226 Å². The van der Waals surface area contributed by atoms with Crippen LogP contribution in [0, 0.1) is 0 Å². The molecule has 1 fully saturated rings. The smallest absolute Gasteiger partial charge is 0.300 e. The standard InChI is InChI=1S/C29H27Cl2NO5/c1-5-37-21-12-8-18(9-13-21)25-24(26(33)19-14-22(30)28(36-4)23(31)15-19)27(34)29(35)32(25)20-10-6-17(7-11-20)16(2)3/h6-16,25,33H,5H2,1-4H3/b26-24+. The molecule has 1 N–H and O–H groups in total. The van der Waals surface area contributed by atoms with Crippen LogP contribution in [0.4, 0.5) is 5.69 Å². The lowest BCUT2D eigenvalue weighted by Crippen LogP contribution is -2.29. The van der Waals surface area contributed by atoms with E-state index in [1.807, 2.05) is 31.2 Å². The fourth-order valence-electron chi connectivity index (χ4n) is 4.39. The first kappa shape index (κ1) is 26.6. The van der Waals surface area contributed by atoms with Gasteiger partial charge in [0.15, 0.2) is 5.75 Å². The largest absolute Gasteiger partial charge is 0.507 e. The third kappa shape index (κ3) is 5.04. The Morgan fingerprint density at radius 3 is 2.11 bits per heavy atom. The van der Waals surface area contributed by atoms with Gasteiger partial charge in [-0.05, 0) is 60.4 Å². The lowest BCUT2D eigenvalue weighted by Gasteiger charge is -2.26. The van der Waals surface area contributed by atoms with E-state index in [0.29, 0.717) is 29.5 Å². The Morgan fingerprint density at radius 1 is 1.00 bits per heavy atom. The molecule has 3 aromatic rings. The summed E-state index contributed by atoms with van der Waals surface area (Å²) in [5, 5.41) is 11.7. The number of aliphatic hydroxyl groups excluding tert-OH is 1. The third-order valence-corrected chi connectivity index (χ3v) is 6.83. The molecule has 1 amide bonds. The Morgan fingerprint density at radius 2 is 1.59 bits per heavy atom. The van der Waals surface area contributed by atoms with Crippen molar-refractivity contribution in [3.63, 3.8) is 0 Å². The minimum atomic E-state index is -0.889. The molecule has 1 saturated heterocycles. The molecule has 1 atom stereocenters. The minimum Gasteiger partial charge on any atom is -0.507 e. The summed E-state index contributed by atoms with van der Waals surface area (Å²) in [5.74, 6) is -0.747. The Bertz CT molecular complexity index is 1340. The van der Waals surface area contributed by atoms with E-state index >= 15 is 0 Å². The summed E-state index contributed by atoms with van der Waals surface area (Å²) in [7, 11) is 1.43. The normalized spacial score (nSPS) is 16.9. The number of halogens is 2. The molecule has 8 heteroatoms. The second-order valence-corrected chi connectivity index (χ2v) is 9.70. The zero-order valence-electron chi connectivity index (χ0n) is 20.9. The summed E-state index contributed by atoms with van der Waals surface area (Å²) in [4.78, 5) is 28.2. The van der Waals surface area contributed by atoms with Crippen molar-refractivity contribution < 1.29 is 24.2 Å². The summed E-state index contributed by atoms with van der Waals surface area (Å²) in [6, 6.07) is 16.6. The highest BCUT2D eigenvalue weighted by molar-refractivity contribution is 6.51. The van der Waals surface area contributed by atoms with Crippen LogP contribution >= 0.6 is 23.2 Å². The van der Waals surface area contributed by atoms with Gasteiger partial charge in [0.05, 0.1) is 35.4 Å². The lowest BCUT2D eigenvalue weighted by atomic mass is 9.94. The molecule has 0 saturated carbocycles. The number of ketones is 1. The fourth-order valence-corrected chi connectivity index (χ4v) is 5.04. The van der Waals surface area contributed by atoms with E-state index in [4.69, 9.17) is 32.7 Å². The molecule has 0 spiro atoms. The number of Topliss-reactive ketones (excluding diaryl/α,β-unsaturated/α-hetero) is 1. The van der Waals surface area contributed by atoms with Crippen molar-refractivity contribution in [2.75, 3.05) is 18.6 Å². The maximum atomic E-state index is 13.4. The number of amides is 1. The molecule has 1 heterocycles. The van der Waals surface area contributed by atoms with Crippen molar-refractivity contribution >= 4 is 46.3 Å². The van der Waals surface area contributed by atoms with Crippen molar-refractivity contribution in [2.45, 2.75) is 32.7 Å². The maximum absolute atomic E-state index is 13.4. The number of hydrogen-bond donors (Lipinski definition) is 1. The van der Waals surface area contributed by atoms with Gasteiger partial charge in [-0.2, -0.15) is 0 Å². The van der Waals surface area contributed by atoms with E-state index in [-0.39, 0.29) is 32.7 Å². The van der Waals surface area contributed by atoms with Crippen molar-refractivity contribution in [3.8, 4) is 11.5 Å². The second kappa shape index (κ2) is 10.9. The van der Waals surface area contributed by atoms with Gasteiger partial charge in [-0.1, -0.05) is 61.3 Å². The Hall–Kier alpha value is -3.48. The number of nitrogens with zero attached hydrogens (tertiary/aromatic N) is 1. The van der Waals surface area contributed by atoms with Crippen LogP contribution in [0.25, 0.3) is 5.76 Å². The zero-order valence-corrected chi connectivity index (χ0v) is 22.4. The number of hydrogen-bond acceptors (Lipinski definition) is 5. The van der Waals surface area contributed by atoms with E-state index in [1.54, 1.807) is 24.3 Å². The molecule has 6 nitrogen and oxygen atoms in total. The topological polar surface area (TPSA) is 76.1 Å². The van der Waals surface area contributed by atoms with Gasteiger partial charge in [-0.15, -0.1) is 0 Å². The number of benzene rings is 3. The van der Waals surface area contributed by atoms with Gasteiger partial charge < -0.3 is 14.6 Å². The lowest BCUT2D eigenvalue weighted by molar-refractivity contribution is -0.132. The Balaban J connectivity index is 1.91. The fraction of sp³-hybridized carbons (Fsp3) is 0.241. The average molecular weight is 540 g/mol. The first-order valence-corrected chi connectivity index (χ1v) is 12.6. The van der Waals surface area contributed by atoms with Gasteiger partial charge in [-0.3, -0.25) is 14.5 Å². The Kier molecular flexibility index (Phi) is 7.81. The van der Waals surface area contributed by atoms with Crippen molar-refractivity contribution in [1.29, 1.82) is 0 Å². The van der Waals surface area contributed by atoms with Crippen LogP contribution in [-0.2, 0) is 9.59 Å². The van der Waals surface area contributed by atoms with Gasteiger partial charge in [0.25, 0.3) is 11.7 Å². The van der Waals surface area contributed by atoms with Crippen molar-refractivity contribution in [2.24, 2.45) is 0 Å². The van der Waals surface area contributed by atoms with Crippen molar-refractivity contribution in [1.82, 2.24) is 0 Å². The van der Waals surface area contributed by atoms with Gasteiger partial charge in [0.2, 0.25) is 0 Å². The van der Waals surface area contributed by atoms with Crippen LogP contribution in [0.5, 0.6) is 11.5 Å². The quantitative estimate of drug-likeness (QED) is 0.196. The van der Waals surface area contributed by atoms with Crippen LogP contribution in [0.2, 0.25) is 10.0 Å². The summed E-state index contributed by atoms with van der Waals surface area (Å²) < 4.78 is 10.7. The van der Waals surface area contributed by atoms with Crippen LogP contribution in [0.1, 0.15) is 49.4 Å². The maximum Gasteiger partial charge on any atom is 0.300 e. The molecular weight excluding hydrogens is 513 g/mol. The highest BCUT2D eigenvalue weighted by Gasteiger charge is 2.47.